The lowest BCUT2D eigenvalue weighted by Gasteiger charge is -2.08. The fourth-order valence-corrected chi connectivity index (χ4v) is 1.14. The van der Waals surface area contributed by atoms with Gasteiger partial charge in [-0.25, -0.2) is 0 Å². The molecule has 0 saturated carbocycles. The molecular formula is C6H2F3IN2O4. The maximum atomic E-state index is 11.9. The predicted octanol–water partition coefficient (Wildman–Crippen LogP) is 2.20. The van der Waals surface area contributed by atoms with E-state index in [1.165, 1.54) is 22.6 Å². The highest BCUT2D eigenvalue weighted by Crippen LogP contribution is 2.34. The minimum atomic E-state index is -5.09. The van der Waals surface area contributed by atoms with E-state index in [9.17, 15) is 23.3 Å². The van der Waals surface area contributed by atoms with Crippen LogP contribution in [0.1, 0.15) is 0 Å². The molecule has 0 aliphatic rings. The van der Waals surface area contributed by atoms with Crippen molar-refractivity contribution in [3.8, 4) is 11.6 Å². The predicted molar refractivity (Wildman–Crippen MR) is 52.0 cm³/mol. The fraction of sp³-hybridized carbons (Fsp3) is 0.167. The molecule has 0 unspecified atom stereocenters. The molecule has 0 atom stereocenters. The highest BCUT2D eigenvalue weighted by Gasteiger charge is 2.36. The molecule has 88 valence electrons. The summed E-state index contributed by atoms with van der Waals surface area (Å²) in [5.41, 5.74) is -1.06. The zero-order valence-electron chi connectivity index (χ0n) is 7.16. The van der Waals surface area contributed by atoms with Gasteiger partial charge in [0, 0.05) is 0 Å². The molecule has 0 saturated heterocycles. The number of halogens is 4. The second-order valence-corrected chi connectivity index (χ2v) is 3.45. The zero-order chi connectivity index (χ0) is 12.5. The van der Waals surface area contributed by atoms with Gasteiger partial charge in [-0.05, 0) is 22.6 Å². The number of aromatic hydroxyl groups is 1. The maximum absolute atomic E-state index is 11.9. The Morgan fingerprint density at radius 3 is 2.56 bits per heavy atom. The summed E-state index contributed by atoms with van der Waals surface area (Å²) in [6, 6.07) is 0.538. The first kappa shape index (κ1) is 12.7. The molecule has 10 heteroatoms. The minimum Gasteiger partial charge on any atom is -0.505 e. The van der Waals surface area contributed by atoms with Gasteiger partial charge in [-0.2, -0.15) is 4.98 Å². The van der Waals surface area contributed by atoms with E-state index in [1.807, 2.05) is 0 Å². The largest absolute Gasteiger partial charge is 0.574 e. The van der Waals surface area contributed by atoms with Crippen molar-refractivity contribution in [2.24, 2.45) is 0 Å². The number of alkyl halides is 3. The Hall–Kier alpha value is -1.33. The fourth-order valence-electron chi connectivity index (χ4n) is 0.770. The summed E-state index contributed by atoms with van der Waals surface area (Å²) in [5, 5.41) is 19.4. The molecule has 0 radical (unpaired) electrons. The lowest BCUT2D eigenvalue weighted by molar-refractivity contribution is -0.389. The zero-order valence-corrected chi connectivity index (χ0v) is 9.31. The van der Waals surface area contributed by atoms with Gasteiger partial charge in [-0.1, -0.05) is 0 Å². The first-order valence-electron chi connectivity index (χ1n) is 3.50. The van der Waals surface area contributed by atoms with Crippen LogP contribution in [0.4, 0.5) is 18.9 Å². The molecule has 6 nitrogen and oxygen atoms in total. The number of hydrogen-bond acceptors (Lipinski definition) is 5. The van der Waals surface area contributed by atoms with Gasteiger partial charge in [0.15, 0.2) is 5.75 Å². The number of hydrogen-bond donors (Lipinski definition) is 1. The van der Waals surface area contributed by atoms with Crippen molar-refractivity contribution < 1.29 is 27.9 Å². The Morgan fingerprint density at radius 1 is 1.56 bits per heavy atom. The highest BCUT2D eigenvalue weighted by atomic mass is 127. The van der Waals surface area contributed by atoms with Crippen molar-refractivity contribution in [3.63, 3.8) is 0 Å². The third-order valence-corrected chi connectivity index (χ3v) is 2.11. The average Bonchev–Trinajstić information content (AvgIpc) is 2.07. The number of ether oxygens (including phenoxy) is 1. The Bertz CT molecular complexity index is 437. The number of aromatic nitrogens is 1. The third-order valence-electron chi connectivity index (χ3n) is 1.31. The van der Waals surface area contributed by atoms with Gasteiger partial charge in [-0.15, -0.1) is 13.2 Å². The van der Waals surface area contributed by atoms with E-state index in [-0.39, 0.29) is 3.70 Å². The Morgan fingerprint density at radius 2 is 2.12 bits per heavy atom. The molecule has 0 fully saturated rings. The Labute approximate surface area is 99.3 Å². The van der Waals surface area contributed by atoms with Crippen LogP contribution in [0.5, 0.6) is 11.6 Å². The van der Waals surface area contributed by atoms with Crippen LogP contribution in [0.2, 0.25) is 0 Å². The number of nitrogens with zero attached hydrogens (tertiary/aromatic N) is 2. The molecule has 1 aromatic heterocycles. The molecule has 0 aliphatic carbocycles. The summed E-state index contributed by atoms with van der Waals surface area (Å²) in [4.78, 5) is 12.4. The quantitative estimate of drug-likeness (QED) is 0.383. The first-order valence-corrected chi connectivity index (χ1v) is 4.58. The van der Waals surface area contributed by atoms with Crippen molar-refractivity contribution in [3.05, 3.63) is 19.9 Å². The third kappa shape index (κ3) is 3.08. The molecular weight excluding hydrogens is 348 g/mol. The molecule has 1 rings (SSSR count). The van der Waals surface area contributed by atoms with Gasteiger partial charge in [0.2, 0.25) is 0 Å². The molecule has 1 aromatic rings. The molecule has 1 N–H and O–H groups in total. The molecule has 1 heterocycles. The maximum Gasteiger partial charge on any atom is 0.574 e. The van der Waals surface area contributed by atoms with E-state index in [0.717, 1.165) is 0 Å². The molecule has 0 bridgehead atoms. The van der Waals surface area contributed by atoms with E-state index in [1.54, 1.807) is 0 Å². The summed E-state index contributed by atoms with van der Waals surface area (Å²) in [6.07, 6.45) is -5.09. The Kier molecular flexibility index (Phi) is 3.40. The van der Waals surface area contributed by atoms with E-state index >= 15 is 0 Å². The smallest absolute Gasteiger partial charge is 0.505 e. The van der Waals surface area contributed by atoms with Crippen molar-refractivity contribution in [2.75, 3.05) is 0 Å². The number of nitro groups is 1. The van der Waals surface area contributed by atoms with Crippen LogP contribution in [0.25, 0.3) is 0 Å². The monoisotopic (exact) mass is 350 g/mol. The summed E-state index contributed by atoms with van der Waals surface area (Å²) in [7, 11) is 0. The number of pyridine rings is 1. The van der Waals surface area contributed by atoms with Gasteiger partial charge in [0.1, 0.15) is 3.70 Å². The highest BCUT2D eigenvalue weighted by molar-refractivity contribution is 14.1. The lowest BCUT2D eigenvalue weighted by Crippen LogP contribution is -2.19. The van der Waals surface area contributed by atoms with Crippen LogP contribution >= 0.6 is 22.6 Å². The molecule has 0 aromatic carbocycles. The summed E-state index contributed by atoms with van der Waals surface area (Å²) in [6.45, 7) is 0. The van der Waals surface area contributed by atoms with E-state index in [0.29, 0.717) is 6.07 Å². The van der Waals surface area contributed by atoms with E-state index in [4.69, 9.17) is 5.11 Å². The summed E-state index contributed by atoms with van der Waals surface area (Å²) < 4.78 is 38.7. The van der Waals surface area contributed by atoms with Crippen LogP contribution in [-0.2, 0) is 0 Å². The number of rotatable bonds is 2. The summed E-state index contributed by atoms with van der Waals surface area (Å²) >= 11 is 1.41. The van der Waals surface area contributed by atoms with Crippen molar-refractivity contribution in [2.45, 2.75) is 6.36 Å². The Balaban J connectivity index is 3.25. The van der Waals surface area contributed by atoms with Gasteiger partial charge in [0.05, 0.1) is 11.0 Å². The van der Waals surface area contributed by atoms with Crippen LogP contribution < -0.4 is 4.74 Å². The van der Waals surface area contributed by atoms with Crippen molar-refractivity contribution >= 4 is 28.3 Å². The van der Waals surface area contributed by atoms with Crippen LogP contribution in [0.3, 0.4) is 0 Å². The molecule has 16 heavy (non-hydrogen) atoms. The second-order valence-electron chi connectivity index (χ2n) is 2.43. The lowest BCUT2D eigenvalue weighted by atomic mass is 10.4. The topological polar surface area (TPSA) is 85.5 Å². The van der Waals surface area contributed by atoms with Gasteiger partial charge in [0.25, 0.3) is 0 Å². The second kappa shape index (κ2) is 4.27. The average molecular weight is 350 g/mol. The van der Waals surface area contributed by atoms with E-state index < -0.39 is 28.6 Å². The summed E-state index contributed by atoms with van der Waals surface area (Å²) in [5.74, 6) is -1.80. The van der Waals surface area contributed by atoms with Crippen LogP contribution in [0.15, 0.2) is 6.07 Å². The van der Waals surface area contributed by atoms with Crippen LogP contribution in [0, 0.1) is 13.8 Å². The van der Waals surface area contributed by atoms with E-state index in [2.05, 4.69) is 9.72 Å². The molecule has 0 amide bonds. The first-order chi connectivity index (χ1) is 7.20. The molecule has 0 spiro atoms. The molecule has 0 aliphatic heterocycles. The standard InChI is InChI=1S/C6H2F3IN2O4/c7-6(8,9)16-5-2(12(14)15)1-3(13)4(10)11-5/h1,13H. The normalized spacial score (nSPS) is 11.2. The minimum absolute atomic E-state index is 0.234. The van der Waals surface area contributed by atoms with Gasteiger partial charge < -0.3 is 9.84 Å². The SMILES string of the molecule is O=[N+]([O-])c1cc(O)c(I)nc1OC(F)(F)F. The van der Waals surface area contributed by atoms with Gasteiger partial charge >= 0.3 is 17.9 Å². The van der Waals surface area contributed by atoms with Crippen molar-refractivity contribution in [1.29, 1.82) is 0 Å². The van der Waals surface area contributed by atoms with Crippen molar-refractivity contribution in [1.82, 2.24) is 4.98 Å². The van der Waals surface area contributed by atoms with Gasteiger partial charge in [-0.3, -0.25) is 10.1 Å². The van der Waals surface area contributed by atoms with Crippen LogP contribution in [-0.4, -0.2) is 21.4 Å².